The van der Waals surface area contributed by atoms with Gasteiger partial charge in [0.1, 0.15) is 9.96 Å². The molecular formula is C23H23ClF3NO5S3. The smallest absolute Gasteiger partial charge is 0.420 e. The minimum Gasteiger partial charge on any atom is -0.481 e. The van der Waals surface area contributed by atoms with E-state index in [4.69, 9.17) is 21.4 Å². The molecule has 0 atom stereocenters. The Morgan fingerprint density at radius 3 is 2.64 bits per heavy atom. The molecule has 0 radical (unpaired) electrons. The minimum absolute atomic E-state index is 0.0265. The van der Waals surface area contributed by atoms with Crippen LogP contribution < -0.4 is 10.1 Å². The first-order chi connectivity index (χ1) is 16.9. The van der Waals surface area contributed by atoms with Gasteiger partial charge in [-0.25, -0.2) is 13.2 Å². The van der Waals surface area contributed by atoms with E-state index in [2.05, 4.69) is 5.32 Å². The summed E-state index contributed by atoms with van der Waals surface area (Å²) in [5.74, 6) is -1.48. The average molecular weight is 582 g/mol. The fourth-order valence-corrected chi connectivity index (χ4v) is 7.65. The summed E-state index contributed by atoms with van der Waals surface area (Å²) in [4.78, 5) is 10.9. The van der Waals surface area contributed by atoms with Crippen molar-refractivity contribution in [2.45, 2.75) is 28.6 Å². The Bertz CT molecular complexity index is 1340. The van der Waals surface area contributed by atoms with Crippen molar-refractivity contribution in [3.63, 3.8) is 0 Å². The molecule has 36 heavy (non-hydrogen) atoms. The number of hydrogen-bond donors (Lipinski definition) is 2. The molecule has 0 unspecified atom stereocenters. The number of nitrogens with one attached hydrogen (secondary N) is 1. The number of carbonyl (C=O) groups is 1. The molecule has 0 aliphatic heterocycles. The third kappa shape index (κ3) is 7.51. The lowest BCUT2D eigenvalue weighted by molar-refractivity contribution is -0.143. The Hall–Kier alpha value is -1.99. The van der Waals surface area contributed by atoms with Crippen molar-refractivity contribution < 1.29 is 36.2 Å². The van der Waals surface area contributed by atoms with Crippen LogP contribution in [0, 0.1) is 6.92 Å². The number of fused-ring (bicyclic) bond motifs is 1. The molecule has 1 heterocycles. The molecule has 3 aromatic rings. The second kappa shape index (κ2) is 12.0. The van der Waals surface area contributed by atoms with E-state index >= 15 is 0 Å². The maximum absolute atomic E-state index is 13.3. The second-order valence-electron chi connectivity index (χ2n) is 7.76. The van der Waals surface area contributed by atoms with Crippen molar-refractivity contribution in [2.24, 2.45) is 0 Å². The van der Waals surface area contributed by atoms with Crippen molar-refractivity contribution in [1.82, 2.24) is 5.32 Å². The van der Waals surface area contributed by atoms with Crippen LogP contribution in [0.3, 0.4) is 0 Å². The summed E-state index contributed by atoms with van der Waals surface area (Å²) in [6, 6.07) is 8.76. The van der Waals surface area contributed by atoms with Crippen LogP contribution in [0.25, 0.3) is 10.1 Å². The minimum atomic E-state index is -4.69. The number of halogens is 4. The summed E-state index contributed by atoms with van der Waals surface area (Å²) in [6.07, 6.45) is -4.30. The highest BCUT2D eigenvalue weighted by molar-refractivity contribution is 7.99. The van der Waals surface area contributed by atoms with Gasteiger partial charge in [-0.15, -0.1) is 23.1 Å². The number of carboxylic acids is 1. The first kappa shape index (κ1) is 28.6. The van der Waals surface area contributed by atoms with E-state index in [1.165, 1.54) is 29.2 Å². The molecule has 1 aromatic heterocycles. The quantitative estimate of drug-likeness (QED) is 0.203. The SMILES string of the molecule is Cc1c(S(=O)(=O)CCCNCCSc2ccc(OCC(=O)O)c(C(F)(F)F)c2)sc2ccc(Cl)cc12. The van der Waals surface area contributed by atoms with E-state index in [1.54, 1.807) is 19.1 Å². The molecule has 13 heteroatoms. The molecule has 0 saturated heterocycles. The van der Waals surface area contributed by atoms with Gasteiger partial charge in [0, 0.05) is 26.9 Å². The van der Waals surface area contributed by atoms with Crippen LogP contribution >= 0.6 is 34.7 Å². The van der Waals surface area contributed by atoms with E-state index in [-0.39, 0.29) is 5.75 Å². The number of rotatable bonds is 12. The lowest BCUT2D eigenvalue weighted by atomic mass is 10.2. The van der Waals surface area contributed by atoms with E-state index in [0.717, 1.165) is 22.2 Å². The summed E-state index contributed by atoms with van der Waals surface area (Å²) in [6.45, 7) is 1.80. The first-order valence-electron chi connectivity index (χ1n) is 10.7. The number of ether oxygens (including phenoxy) is 1. The van der Waals surface area contributed by atoms with Crippen LogP contribution in [0.4, 0.5) is 13.2 Å². The molecule has 0 aliphatic rings. The van der Waals surface area contributed by atoms with Crippen molar-refractivity contribution in [2.75, 3.05) is 31.2 Å². The number of thiophene rings is 1. The predicted octanol–water partition coefficient (Wildman–Crippen LogP) is 5.89. The Morgan fingerprint density at radius 1 is 1.19 bits per heavy atom. The molecule has 0 spiro atoms. The molecule has 6 nitrogen and oxygen atoms in total. The molecule has 2 N–H and O–H groups in total. The van der Waals surface area contributed by atoms with Gasteiger partial charge >= 0.3 is 12.1 Å². The number of benzene rings is 2. The van der Waals surface area contributed by atoms with Crippen LogP contribution in [0.1, 0.15) is 17.5 Å². The number of hydrogen-bond acceptors (Lipinski definition) is 7. The van der Waals surface area contributed by atoms with Crippen molar-refractivity contribution in [3.8, 4) is 5.75 Å². The van der Waals surface area contributed by atoms with Crippen LogP contribution in [0.5, 0.6) is 5.75 Å². The van der Waals surface area contributed by atoms with Gasteiger partial charge in [0.2, 0.25) is 0 Å². The van der Waals surface area contributed by atoms with Crippen LogP contribution in [-0.4, -0.2) is 50.7 Å². The first-order valence-corrected chi connectivity index (χ1v) is 14.5. The van der Waals surface area contributed by atoms with Gasteiger partial charge in [0.05, 0.1) is 11.3 Å². The highest BCUT2D eigenvalue weighted by Gasteiger charge is 2.35. The van der Waals surface area contributed by atoms with Gasteiger partial charge in [-0.3, -0.25) is 0 Å². The Morgan fingerprint density at radius 2 is 1.94 bits per heavy atom. The van der Waals surface area contributed by atoms with Crippen LogP contribution in [-0.2, 0) is 20.8 Å². The number of thioether (sulfide) groups is 1. The summed E-state index contributed by atoms with van der Waals surface area (Å²) < 4.78 is 71.5. The number of carboxylic acid groups (broad SMARTS) is 1. The summed E-state index contributed by atoms with van der Waals surface area (Å²) >= 11 is 8.44. The topological polar surface area (TPSA) is 92.7 Å². The zero-order valence-corrected chi connectivity index (χ0v) is 22.2. The van der Waals surface area contributed by atoms with Crippen LogP contribution in [0.15, 0.2) is 45.5 Å². The number of aryl methyl sites for hydroxylation is 1. The monoisotopic (exact) mass is 581 g/mol. The van der Waals surface area contributed by atoms with E-state index < -0.39 is 39.9 Å². The van der Waals surface area contributed by atoms with Crippen LogP contribution in [0.2, 0.25) is 5.02 Å². The highest BCUT2D eigenvalue weighted by atomic mass is 35.5. The second-order valence-corrected chi connectivity index (χ2v) is 12.7. The fraction of sp³-hybridized carbons (Fsp3) is 0.348. The van der Waals surface area contributed by atoms with Crippen molar-refractivity contribution in [3.05, 3.63) is 52.5 Å². The van der Waals surface area contributed by atoms with Crippen molar-refractivity contribution in [1.29, 1.82) is 0 Å². The van der Waals surface area contributed by atoms with Gasteiger partial charge in [-0.2, -0.15) is 13.2 Å². The number of aliphatic carboxylic acids is 1. The summed E-state index contributed by atoms with van der Waals surface area (Å²) in [5.41, 5.74) is -0.342. The predicted molar refractivity (Wildman–Crippen MR) is 136 cm³/mol. The lowest BCUT2D eigenvalue weighted by Gasteiger charge is -2.14. The average Bonchev–Trinajstić information content (AvgIpc) is 3.13. The van der Waals surface area contributed by atoms with E-state index in [1.807, 2.05) is 6.07 Å². The highest BCUT2D eigenvalue weighted by Crippen LogP contribution is 2.39. The van der Waals surface area contributed by atoms with Gasteiger partial charge < -0.3 is 15.2 Å². The molecule has 196 valence electrons. The number of sulfone groups is 1. The molecule has 2 aromatic carbocycles. The fourth-order valence-electron chi connectivity index (χ4n) is 3.40. The van der Waals surface area contributed by atoms with Crippen molar-refractivity contribution >= 4 is 60.6 Å². The van der Waals surface area contributed by atoms with E-state index in [0.29, 0.717) is 45.0 Å². The van der Waals surface area contributed by atoms with Gasteiger partial charge in [-0.1, -0.05) is 11.6 Å². The molecule has 0 aliphatic carbocycles. The maximum Gasteiger partial charge on any atom is 0.420 e. The molecule has 0 bridgehead atoms. The Labute approximate surface area is 219 Å². The number of alkyl halides is 3. The normalized spacial score (nSPS) is 12.2. The lowest BCUT2D eigenvalue weighted by Crippen LogP contribution is -2.21. The third-order valence-corrected chi connectivity index (χ3v) is 10.1. The molecular weight excluding hydrogens is 559 g/mol. The molecule has 0 saturated carbocycles. The largest absolute Gasteiger partial charge is 0.481 e. The Kier molecular flexibility index (Phi) is 9.56. The zero-order chi connectivity index (χ0) is 26.5. The summed E-state index contributed by atoms with van der Waals surface area (Å²) in [7, 11) is -3.46. The van der Waals surface area contributed by atoms with E-state index in [9.17, 15) is 26.4 Å². The maximum atomic E-state index is 13.3. The van der Waals surface area contributed by atoms with Gasteiger partial charge in [0.25, 0.3) is 0 Å². The third-order valence-electron chi connectivity index (χ3n) is 5.06. The summed E-state index contributed by atoms with van der Waals surface area (Å²) in [5, 5.41) is 13.1. The standard InChI is InChI=1S/C23H23ClF3NO5S3/c1-14-17-11-15(24)3-6-20(17)35-22(14)36(31,32)10-2-7-28-8-9-34-16-4-5-19(33-13-21(29)30)18(12-16)23(25,26)27/h3-6,11-12,28H,2,7-10,13H2,1H3,(H,29,30). The van der Waals surface area contributed by atoms with Gasteiger partial charge in [0.15, 0.2) is 16.4 Å². The molecule has 3 rings (SSSR count). The van der Waals surface area contributed by atoms with Gasteiger partial charge in [-0.05, 0) is 67.2 Å². The molecule has 0 amide bonds. The molecule has 0 fully saturated rings. The zero-order valence-electron chi connectivity index (χ0n) is 19.0. The Balaban J connectivity index is 1.47.